The molecule has 1 fully saturated rings. The number of piperazine rings is 1. The Morgan fingerprint density at radius 2 is 2.33 bits per heavy atom. The first-order valence-corrected chi connectivity index (χ1v) is 7.26. The van der Waals surface area contributed by atoms with Crippen molar-refractivity contribution in [3.8, 4) is 11.8 Å². The fraction of sp³-hybridized carbons (Fsp3) is 0.571. The molecular weight excluding hydrogens is 242 g/mol. The van der Waals surface area contributed by atoms with Crippen LogP contribution < -0.4 is 5.73 Å². The maximum atomic E-state index is 5.43. The second kappa shape index (κ2) is 6.35. The van der Waals surface area contributed by atoms with Crippen LogP contribution in [0.25, 0.3) is 0 Å². The highest BCUT2D eigenvalue weighted by molar-refractivity contribution is 7.10. The Bertz CT molecular complexity index is 443. The Balaban J connectivity index is 2.03. The predicted octanol–water partition coefficient (Wildman–Crippen LogP) is 1.19. The fourth-order valence-electron chi connectivity index (χ4n) is 2.32. The van der Waals surface area contributed by atoms with Crippen LogP contribution in [0.5, 0.6) is 0 Å². The first-order chi connectivity index (χ1) is 8.70. The normalized spacial score (nSPS) is 21.6. The Hall–Kier alpha value is -0.860. The minimum atomic E-state index is 0.431. The number of rotatable bonds is 2. The first-order valence-electron chi connectivity index (χ1n) is 6.38. The smallest absolute Gasteiger partial charge is 0.0555 e. The van der Waals surface area contributed by atoms with Gasteiger partial charge in [-0.3, -0.25) is 4.90 Å². The summed E-state index contributed by atoms with van der Waals surface area (Å²) < 4.78 is 0. The van der Waals surface area contributed by atoms with Crippen molar-refractivity contribution >= 4 is 11.3 Å². The Morgan fingerprint density at radius 1 is 1.50 bits per heavy atom. The standard InChI is InChI=1S/C14H21N3S/c1-12-10-16(2)7-8-17(12)11-14-13(4-3-6-15)5-9-18-14/h5,9,12H,6-8,10-11,15H2,1-2H3. The number of likely N-dealkylation sites (N-methyl/N-ethyl adjacent to an activating group) is 1. The van der Waals surface area contributed by atoms with Gasteiger partial charge < -0.3 is 10.6 Å². The summed E-state index contributed by atoms with van der Waals surface area (Å²) in [6, 6.07) is 2.71. The molecule has 1 aromatic rings. The fourth-order valence-corrected chi connectivity index (χ4v) is 3.17. The molecule has 0 saturated carbocycles. The van der Waals surface area contributed by atoms with Crippen molar-refractivity contribution in [2.24, 2.45) is 5.73 Å². The zero-order chi connectivity index (χ0) is 13.0. The molecule has 4 heteroatoms. The summed E-state index contributed by atoms with van der Waals surface area (Å²) in [6.45, 7) is 7.18. The number of nitrogens with zero attached hydrogens (tertiary/aromatic N) is 2. The summed E-state index contributed by atoms with van der Waals surface area (Å²) >= 11 is 1.80. The lowest BCUT2D eigenvalue weighted by Gasteiger charge is -2.38. The Morgan fingerprint density at radius 3 is 3.06 bits per heavy atom. The zero-order valence-corrected chi connectivity index (χ0v) is 12.0. The van der Waals surface area contributed by atoms with Gasteiger partial charge in [0.05, 0.1) is 6.54 Å². The summed E-state index contributed by atoms with van der Waals surface area (Å²) in [5.41, 5.74) is 6.58. The molecule has 1 aliphatic heterocycles. The van der Waals surface area contributed by atoms with E-state index in [0.717, 1.165) is 31.7 Å². The summed E-state index contributed by atoms with van der Waals surface area (Å²) in [5, 5.41) is 2.12. The van der Waals surface area contributed by atoms with Gasteiger partial charge in [0.2, 0.25) is 0 Å². The molecule has 3 nitrogen and oxygen atoms in total. The van der Waals surface area contributed by atoms with Crippen LogP contribution in [-0.4, -0.2) is 49.1 Å². The average Bonchev–Trinajstić information content (AvgIpc) is 2.77. The lowest BCUT2D eigenvalue weighted by molar-refractivity contribution is 0.0947. The monoisotopic (exact) mass is 263 g/mol. The van der Waals surface area contributed by atoms with Crippen LogP contribution in [0.4, 0.5) is 0 Å². The minimum absolute atomic E-state index is 0.431. The second-order valence-electron chi connectivity index (χ2n) is 4.85. The molecule has 1 aliphatic rings. The van der Waals surface area contributed by atoms with E-state index in [1.807, 2.05) is 0 Å². The van der Waals surface area contributed by atoms with Gasteiger partial charge in [-0.25, -0.2) is 0 Å². The molecule has 0 spiro atoms. The van der Waals surface area contributed by atoms with Crippen molar-refractivity contribution in [2.75, 3.05) is 33.2 Å². The van der Waals surface area contributed by atoms with Gasteiger partial charge in [-0.1, -0.05) is 11.8 Å². The molecule has 1 atom stereocenters. The van der Waals surface area contributed by atoms with E-state index in [2.05, 4.69) is 47.1 Å². The second-order valence-corrected chi connectivity index (χ2v) is 5.85. The van der Waals surface area contributed by atoms with Crippen molar-refractivity contribution in [3.05, 3.63) is 21.9 Å². The maximum Gasteiger partial charge on any atom is 0.0555 e. The number of thiophene rings is 1. The van der Waals surface area contributed by atoms with Crippen molar-refractivity contribution in [1.29, 1.82) is 0 Å². The van der Waals surface area contributed by atoms with E-state index in [9.17, 15) is 0 Å². The molecule has 1 unspecified atom stereocenters. The van der Waals surface area contributed by atoms with Gasteiger partial charge in [0.1, 0.15) is 0 Å². The van der Waals surface area contributed by atoms with Gasteiger partial charge in [-0.05, 0) is 25.4 Å². The van der Waals surface area contributed by atoms with Gasteiger partial charge in [0, 0.05) is 42.7 Å². The molecule has 18 heavy (non-hydrogen) atoms. The van der Waals surface area contributed by atoms with Gasteiger partial charge >= 0.3 is 0 Å². The van der Waals surface area contributed by atoms with Crippen molar-refractivity contribution in [2.45, 2.75) is 19.5 Å². The van der Waals surface area contributed by atoms with E-state index in [-0.39, 0.29) is 0 Å². The van der Waals surface area contributed by atoms with E-state index in [1.165, 1.54) is 4.88 Å². The largest absolute Gasteiger partial charge is 0.320 e. The predicted molar refractivity (Wildman–Crippen MR) is 77.6 cm³/mol. The van der Waals surface area contributed by atoms with Gasteiger partial charge in [-0.2, -0.15) is 0 Å². The molecule has 1 saturated heterocycles. The van der Waals surface area contributed by atoms with E-state index >= 15 is 0 Å². The highest BCUT2D eigenvalue weighted by atomic mass is 32.1. The lowest BCUT2D eigenvalue weighted by Crippen LogP contribution is -2.49. The Labute approximate surface area is 114 Å². The first kappa shape index (κ1) is 13.6. The number of hydrogen-bond donors (Lipinski definition) is 1. The highest BCUT2D eigenvalue weighted by Gasteiger charge is 2.22. The molecule has 0 radical (unpaired) electrons. The van der Waals surface area contributed by atoms with Crippen LogP contribution in [-0.2, 0) is 6.54 Å². The number of nitrogens with two attached hydrogens (primary N) is 1. The molecule has 2 N–H and O–H groups in total. The third-order valence-electron chi connectivity index (χ3n) is 3.39. The third kappa shape index (κ3) is 3.33. The highest BCUT2D eigenvalue weighted by Crippen LogP contribution is 2.20. The van der Waals surface area contributed by atoms with Gasteiger partial charge in [-0.15, -0.1) is 11.3 Å². The summed E-state index contributed by atoms with van der Waals surface area (Å²) in [5.74, 6) is 6.11. The number of hydrogen-bond acceptors (Lipinski definition) is 4. The van der Waals surface area contributed by atoms with Crippen LogP contribution >= 0.6 is 11.3 Å². The van der Waals surface area contributed by atoms with Crippen LogP contribution in [0.3, 0.4) is 0 Å². The van der Waals surface area contributed by atoms with Gasteiger partial charge in [0.25, 0.3) is 0 Å². The summed E-state index contributed by atoms with van der Waals surface area (Å²) in [4.78, 5) is 6.30. The van der Waals surface area contributed by atoms with Crippen LogP contribution in [0.15, 0.2) is 11.4 Å². The van der Waals surface area contributed by atoms with E-state index in [1.54, 1.807) is 11.3 Å². The maximum absolute atomic E-state index is 5.43. The van der Waals surface area contributed by atoms with Crippen LogP contribution in [0.2, 0.25) is 0 Å². The Kier molecular flexibility index (Phi) is 4.79. The third-order valence-corrected chi connectivity index (χ3v) is 4.29. The summed E-state index contributed by atoms with van der Waals surface area (Å²) in [7, 11) is 2.19. The molecule has 0 bridgehead atoms. The van der Waals surface area contributed by atoms with E-state index < -0.39 is 0 Å². The SMILES string of the molecule is CC1CN(C)CCN1Cc1sccc1C#CCN. The molecule has 0 amide bonds. The minimum Gasteiger partial charge on any atom is -0.320 e. The quantitative estimate of drug-likeness (QED) is 0.814. The lowest BCUT2D eigenvalue weighted by atomic mass is 10.1. The van der Waals surface area contributed by atoms with Crippen molar-refractivity contribution in [3.63, 3.8) is 0 Å². The van der Waals surface area contributed by atoms with Crippen molar-refractivity contribution < 1.29 is 0 Å². The van der Waals surface area contributed by atoms with E-state index in [0.29, 0.717) is 12.6 Å². The van der Waals surface area contributed by atoms with E-state index in [4.69, 9.17) is 5.73 Å². The van der Waals surface area contributed by atoms with Gasteiger partial charge in [0.15, 0.2) is 0 Å². The molecular formula is C14H21N3S. The topological polar surface area (TPSA) is 32.5 Å². The summed E-state index contributed by atoms with van der Waals surface area (Å²) in [6.07, 6.45) is 0. The van der Waals surface area contributed by atoms with Crippen molar-refractivity contribution in [1.82, 2.24) is 9.80 Å². The average molecular weight is 263 g/mol. The molecule has 1 aromatic heterocycles. The molecule has 98 valence electrons. The molecule has 0 aliphatic carbocycles. The molecule has 2 heterocycles. The van der Waals surface area contributed by atoms with Crippen LogP contribution in [0.1, 0.15) is 17.4 Å². The molecule has 2 rings (SSSR count). The van der Waals surface area contributed by atoms with Crippen LogP contribution in [0, 0.1) is 11.8 Å². The molecule has 0 aromatic carbocycles. The zero-order valence-electron chi connectivity index (χ0n) is 11.1.